The number of benzene rings is 1. The SMILES string of the molecule is Cc1ccc2[nH]c(-c3ccc(C)s3)cc2c1. The van der Waals surface area contributed by atoms with Gasteiger partial charge in [0.25, 0.3) is 0 Å². The molecule has 2 aromatic heterocycles. The number of H-pyrrole nitrogens is 1. The van der Waals surface area contributed by atoms with Crippen LogP contribution in [0.2, 0.25) is 0 Å². The van der Waals surface area contributed by atoms with Gasteiger partial charge in [-0.1, -0.05) is 11.6 Å². The summed E-state index contributed by atoms with van der Waals surface area (Å²) in [6, 6.07) is 13.1. The summed E-state index contributed by atoms with van der Waals surface area (Å²) in [6.07, 6.45) is 0. The van der Waals surface area contributed by atoms with Crippen molar-refractivity contribution < 1.29 is 0 Å². The van der Waals surface area contributed by atoms with Crippen LogP contribution < -0.4 is 0 Å². The molecule has 1 nitrogen and oxygen atoms in total. The first-order valence-electron chi connectivity index (χ1n) is 5.38. The number of hydrogen-bond acceptors (Lipinski definition) is 1. The molecule has 0 bridgehead atoms. The number of aromatic amines is 1. The normalized spacial score (nSPS) is 11.1. The van der Waals surface area contributed by atoms with Gasteiger partial charge in [-0.3, -0.25) is 0 Å². The third kappa shape index (κ3) is 1.55. The van der Waals surface area contributed by atoms with Crippen molar-refractivity contribution in [2.24, 2.45) is 0 Å². The summed E-state index contributed by atoms with van der Waals surface area (Å²) in [5.41, 5.74) is 3.74. The van der Waals surface area contributed by atoms with Crippen molar-refractivity contribution in [3.8, 4) is 10.6 Å². The molecule has 2 heterocycles. The van der Waals surface area contributed by atoms with Crippen molar-refractivity contribution in [1.29, 1.82) is 0 Å². The van der Waals surface area contributed by atoms with Gasteiger partial charge in [0, 0.05) is 15.8 Å². The lowest BCUT2D eigenvalue weighted by atomic mass is 10.2. The van der Waals surface area contributed by atoms with E-state index < -0.39 is 0 Å². The maximum absolute atomic E-state index is 3.46. The molecule has 1 N–H and O–H groups in total. The smallest absolute Gasteiger partial charge is 0.0566 e. The molecule has 1 aromatic carbocycles. The molecule has 0 aliphatic heterocycles. The molecule has 0 unspecified atom stereocenters. The maximum Gasteiger partial charge on any atom is 0.0566 e. The number of fused-ring (bicyclic) bond motifs is 1. The molecule has 0 atom stereocenters. The molecule has 0 saturated heterocycles. The van der Waals surface area contributed by atoms with Gasteiger partial charge < -0.3 is 4.98 Å². The van der Waals surface area contributed by atoms with Gasteiger partial charge in [0.05, 0.1) is 10.6 Å². The minimum atomic E-state index is 1.21. The Bertz CT molecular complexity index is 646. The number of thiophene rings is 1. The van der Waals surface area contributed by atoms with Crippen LogP contribution in [0.5, 0.6) is 0 Å². The molecule has 0 fully saturated rings. The molecular formula is C14H13NS. The number of rotatable bonds is 1. The van der Waals surface area contributed by atoms with Crippen molar-refractivity contribution in [2.75, 3.05) is 0 Å². The van der Waals surface area contributed by atoms with E-state index in [0.29, 0.717) is 0 Å². The summed E-state index contributed by atoms with van der Waals surface area (Å²) in [5.74, 6) is 0. The van der Waals surface area contributed by atoms with E-state index in [9.17, 15) is 0 Å². The first kappa shape index (κ1) is 9.67. The Labute approximate surface area is 98.7 Å². The van der Waals surface area contributed by atoms with E-state index >= 15 is 0 Å². The van der Waals surface area contributed by atoms with Gasteiger partial charge in [-0.05, 0) is 44.2 Å². The molecule has 3 rings (SSSR count). The van der Waals surface area contributed by atoms with Crippen LogP contribution in [0, 0.1) is 13.8 Å². The maximum atomic E-state index is 3.46. The highest BCUT2D eigenvalue weighted by Gasteiger charge is 2.04. The Kier molecular flexibility index (Phi) is 2.11. The van der Waals surface area contributed by atoms with Crippen molar-refractivity contribution in [1.82, 2.24) is 4.98 Å². The van der Waals surface area contributed by atoms with Crippen LogP contribution in [-0.2, 0) is 0 Å². The zero-order valence-corrected chi connectivity index (χ0v) is 10.2. The largest absolute Gasteiger partial charge is 0.354 e. The average Bonchev–Trinajstić information content (AvgIpc) is 2.83. The van der Waals surface area contributed by atoms with Gasteiger partial charge in [0.2, 0.25) is 0 Å². The highest BCUT2D eigenvalue weighted by Crippen LogP contribution is 2.29. The third-order valence-corrected chi connectivity index (χ3v) is 3.82. The lowest BCUT2D eigenvalue weighted by Gasteiger charge is -1.91. The molecule has 0 amide bonds. The third-order valence-electron chi connectivity index (χ3n) is 2.78. The van der Waals surface area contributed by atoms with Crippen LogP contribution in [-0.4, -0.2) is 4.98 Å². The molecule has 80 valence electrons. The van der Waals surface area contributed by atoms with Gasteiger partial charge in [-0.2, -0.15) is 0 Å². The Morgan fingerprint density at radius 2 is 1.88 bits per heavy atom. The molecule has 0 aliphatic rings. The van der Waals surface area contributed by atoms with Crippen LogP contribution in [0.25, 0.3) is 21.5 Å². The lowest BCUT2D eigenvalue weighted by Crippen LogP contribution is -1.71. The van der Waals surface area contributed by atoms with Crippen molar-refractivity contribution in [2.45, 2.75) is 13.8 Å². The van der Waals surface area contributed by atoms with Crippen LogP contribution in [0.1, 0.15) is 10.4 Å². The summed E-state index contributed by atoms with van der Waals surface area (Å²) >= 11 is 1.83. The second-order valence-electron chi connectivity index (χ2n) is 4.18. The summed E-state index contributed by atoms with van der Waals surface area (Å²) < 4.78 is 0. The number of nitrogens with one attached hydrogen (secondary N) is 1. The Hall–Kier alpha value is -1.54. The van der Waals surface area contributed by atoms with E-state index in [4.69, 9.17) is 0 Å². The van der Waals surface area contributed by atoms with E-state index in [1.807, 2.05) is 11.3 Å². The summed E-state index contributed by atoms with van der Waals surface area (Å²) in [6.45, 7) is 4.27. The summed E-state index contributed by atoms with van der Waals surface area (Å²) in [5, 5.41) is 1.29. The van der Waals surface area contributed by atoms with Crippen LogP contribution in [0.15, 0.2) is 36.4 Å². The van der Waals surface area contributed by atoms with E-state index in [2.05, 4.69) is 55.2 Å². The molecule has 2 heteroatoms. The predicted octanol–water partition coefficient (Wildman–Crippen LogP) is 4.51. The average molecular weight is 227 g/mol. The molecule has 3 aromatic rings. The van der Waals surface area contributed by atoms with Gasteiger partial charge in [-0.25, -0.2) is 0 Å². The second-order valence-corrected chi connectivity index (χ2v) is 5.47. The second kappa shape index (κ2) is 3.49. The lowest BCUT2D eigenvalue weighted by molar-refractivity contribution is 1.46. The first-order valence-corrected chi connectivity index (χ1v) is 6.20. The van der Waals surface area contributed by atoms with Crippen molar-refractivity contribution in [3.05, 3.63) is 46.8 Å². The Morgan fingerprint density at radius 3 is 2.62 bits per heavy atom. The van der Waals surface area contributed by atoms with Crippen LogP contribution in [0.3, 0.4) is 0 Å². The van der Waals surface area contributed by atoms with Crippen LogP contribution >= 0.6 is 11.3 Å². The van der Waals surface area contributed by atoms with Crippen molar-refractivity contribution >= 4 is 22.2 Å². The number of hydrogen-bond donors (Lipinski definition) is 1. The van der Waals surface area contributed by atoms with Gasteiger partial charge in [-0.15, -0.1) is 11.3 Å². The fraction of sp³-hybridized carbons (Fsp3) is 0.143. The van der Waals surface area contributed by atoms with Gasteiger partial charge >= 0.3 is 0 Å². The minimum Gasteiger partial charge on any atom is -0.354 e. The Morgan fingerprint density at radius 1 is 1.00 bits per heavy atom. The monoisotopic (exact) mass is 227 g/mol. The Balaban J connectivity index is 2.18. The van der Waals surface area contributed by atoms with Gasteiger partial charge in [0.1, 0.15) is 0 Å². The van der Waals surface area contributed by atoms with Gasteiger partial charge in [0.15, 0.2) is 0 Å². The van der Waals surface area contributed by atoms with Crippen molar-refractivity contribution in [3.63, 3.8) is 0 Å². The summed E-state index contributed by atoms with van der Waals surface area (Å²) in [4.78, 5) is 6.13. The highest BCUT2D eigenvalue weighted by molar-refractivity contribution is 7.15. The highest BCUT2D eigenvalue weighted by atomic mass is 32.1. The minimum absolute atomic E-state index is 1.21. The predicted molar refractivity (Wildman–Crippen MR) is 71.1 cm³/mol. The fourth-order valence-corrected chi connectivity index (χ4v) is 2.80. The van der Waals surface area contributed by atoms with E-state index in [1.54, 1.807) is 0 Å². The molecule has 16 heavy (non-hydrogen) atoms. The first-order chi connectivity index (χ1) is 7.72. The molecule has 0 spiro atoms. The fourth-order valence-electron chi connectivity index (χ4n) is 1.96. The topological polar surface area (TPSA) is 15.8 Å². The van der Waals surface area contributed by atoms with E-state index in [1.165, 1.54) is 31.9 Å². The number of aromatic nitrogens is 1. The molecule has 0 aliphatic carbocycles. The molecule has 0 radical (unpaired) electrons. The zero-order chi connectivity index (χ0) is 11.1. The zero-order valence-electron chi connectivity index (χ0n) is 9.37. The van der Waals surface area contributed by atoms with E-state index in [0.717, 1.165) is 0 Å². The van der Waals surface area contributed by atoms with Crippen LogP contribution in [0.4, 0.5) is 0 Å². The molecular weight excluding hydrogens is 214 g/mol. The quantitative estimate of drug-likeness (QED) is 0.629. The van der Waals surface area contributed by atoms with E-state index in [-0.39, 0.29) is 0 Å². The molecule has 0 saturated carbocycles. The summed E-state index contributed by atoms with van der Waals surface area (Å²) in [7, 11) is 0. The standard InChI is InChI=1S/C14H13NS/c1-9-3-5-12-11(7-9)8-13(15-12)14-6-4-10(2)16-14/h3-8,15H,1-2H3. The number of aryl methyl sites for hydroxylation is 2.